The zero-order valence-electron chi connectivity index (χ0n) is 8.77. The predicted molar refractivity (Wildman–Crippen MR) is 48.9 cm³/mol. The fourth-order valence-electron chi connectivity index (χ4n) is 1.10. The molecule has 0 aliphatic heterocycles. The van der Waals surface area contributed by atoms with Gasteiger partial charge in [-0.1, -0.05) is 0 Å². The molecule has 0 fully saturated rings. The maximum absolute atomic E-state index is 13.2. The first kappa shape index (κ1) is 14.6. The molecule has 0 amide bonds. The number of hydrogen-bond donors (Lipinski definition) is 1. The Morgan fingerprint density at radius 2 is 2.11 bits per heavy atom. The molecule has 1 N–H and O–H groups in total. The fraction of sp³-hybridized carbons (Fsp3) is 0.250. The van der Waals surface area contributed by atoms with E-state index in [1.54, 1.807) is 0 Å². The van der Waals surface area contributed by atoms with E-state index < -0.39 is 46.8 Å². The van der Waals surface area contributed by atoms with Crippen LogP contribution in [0.2, 0.25) is 0 Å². The van der Waals surface area contributed by atoms with E-state index in [1.165, 1.54) is 0 Å². The molecule has 1 rings (SSSR count). The molecule has 0 saturated carbocycles. The molecule has 1 aromatic heterocycles. The van der Waals surface area contributed by atoms with Gasteiger partial charge in [0.2, 0.25) is 5.75 Å². The summed E-state index contributed by atoms with van der Waals surface area (Å²) in [4.78, 5) is 22.4. The average Bonchev–Trinajstić information content (AvgIpc) is 2.18. The Balaban J connectivity index is 3.29. The number of aromatic nitrogens is 1. The second kappa shape index (κ2) is 5.04. The maximum atomic E-state index is 13.2. The lowest BCUT2D eigenvalue weighted by Gasteiger charge is -2.09. The lowest BCUT2D eigenvalue weighted by Crippen LogP contribution is -2.19. The summed E-state index contributed by atoms with van der Waals surface area (Å²) in [6, 6.07) is 0.0664. The van der Waals surface area contributed by atoms with Crippen LogP contribution in [0.4, 0.5) is 23.4 Å². The predicted octanol–water partition coefficient (Wildman–Crippen LogP) is 1.65. The van der Waals surface area contributed by atoms with Gasteiger partial charge in [0.15, 0.2) is 11.5 Å². The third kappa shape index (κ3) is 4.04. The summed E-state index contributed by atoms with van der Waals surface area (Å²) >= 11 is 0. The number of carbonyl (C=O) groups is 1. The number of hydrogen-bond acceptors (Lipinski definition) is 5. The number of pyridine rings is 1. The highest BCUT2D eigenvalue weighted by molar-refractivity contribution is 5.69. The quantitative estimate of drug-likeness (QED) is 0.512. The van der Waals surface area contributed by atoms with Crippen LogP contribution in [0.25, 0.3) is 0 Å². The van der Waals surface area contributed by atoms with Crippen LogP contribution in [0, 0.1) is 15.9 Å². The summed E-state index contributed by atoms with van der Waals surface area (Å²) in [5, 5.41) is 18.9. The van der Waals surface area contributed by atoms with E-state index in [0.29, 0.717) is 0 Å². The first-order valence-electron chi connectivity index (χ1n) is 4.41. The molecule has 0 bridgehead atoms. The number of carboxylic acids is 1. The van der Waals surface area contributed by atoms with Crippen LogP contribution >= 0.6 is 0 Å². The zero-order chi connectivity index (χ0) is 14.8. The van der Waals surface area contributed by atoms with Crippen LogP contribution in [0.3, 0.4) is 0 Å². The lowest BCUT2D eigenvalue weighted by molar-refractivity contribution is -0.393. The third-order valence-electron chi connectivity index (χ3n) is 1.71. The topological polar surface area (TPSA) is 103 Å². The number of carboxylic acid groups (broad SMARTS) is 1. The fourth-order valence-corrected chi connectivity index (χ4v) is 1.10. The van der Waals surface area contributed by atoms with Gasteiger partial charge in [-0.2, -0.15) is 0 Å². The highest BCUT2D eigenvalue weighted by Gasteiger charge is 2.36. The standard InChI is InChI=1S/C8H4F4N2O5/c9-3-1-5(19-8(10,11)12)7(14(17)18)13-4(3)2-6(15)16/h1H,2H2,(H,15,16). The molecule has 0 aliphatic carbocycles. The van der Waals surface area contributed by atoms with Crippen molar-refractivity contribution in [2.24, 2.45) is 0 Å². The van der Waals surface area contributed by atoms with E-state index in [9.17, 15) is 32.5 Å². The van der Waals surface area contributed by atoms with Crippen LogP contribution < -0.4 is 4.74 Å². The van der Waals surface area contributed by atoms with E-state index in [4.69, 9.17) is 5.11 Å². The van der Waals surface area contributed by atoms with Crippen LogP contribution in [0.5, 0.6) is 5.75 Å². The molecule has 0 spiro atoms. The third-order valence-corrected chi connectivity index (χ3v) is 1.71. The molecule has 0 radical (unpaired) electrons. The highest BCUT2D eigenvalue weighted by Crippen LogP contribution is 2.31. The molecule has 7 nitrogen and oxygen atoms in total. The monoisotopic (exact) mass is 284 g/mol. The smallest absolute Gasteiger partial charge is 0.481 e. The average molecular weight is 284 g/mol. The summed E-state index contributed by atoms with van der Waals surface area (Å²) in [6.07, 6.45) is -6.29. The summed E-state index contributed by atoms with van der Waals surface area (Å²) in [5.74, 6) is -5.88. The SMILES string of the molecule is O=C(O)Cc1nc([N+](=O)[O-])c(OC(F)(F)F)cc1F. The molecule has 0 saturated heterocycles. The second-order valence-corrected chi connectivity index (χ2v) is 3.11. The van der Waals surface area contributed by atoms with Gasteiger partial charge in [0.1, 0.15) is 6.42 Å². The number of ether oxygens (including phenoxy) is 1. The van der Waals surface area contributed by atoms with Gasteiger partial charge < -0.3 is 20.0 Å². The van der Waals surface area contributed by atoms with E-state index in [0.717, 1.165) is 0 Å². The summed E-state index contributed by atoms with van der Waals surface area (Å²) in [6.45, 7) is 0. The molecule has 1 aromatic rings. The van der Waals surface area contributed by atoms with Crippen molar-refractivity contribution in [3.63, 3.8) is 0 Å². The van der Waals surface area contributed by atoms with Crippen molar-refractivity contribution in [3.05, 3.63) is 27.7 Å². The van der Waals surface area contributed by atoms with Crippen molar-refractivity contribution >= 4 is 11.8 Å². The van der Waals surface area contributed by atoms with Gasteiger partial charge in [-0.15, -0.1) is 13.2 Å². The minimum Gasteiger partial charge on any atom is -0.481 e. The Hall–Kier alpha value is -2.46. The van der Waals surface area contributed by atoms with Crippen molar-refractivity contribution in [1.82, 2.24) is 4.98 Å². The molecular weight excluding hydrogens is 280 g/mol. The Morgan fingerprint density at radius 3 is 2.53 bits per heavy atom. The zero-order valence-corrected chi connectivity index (χ0v) is 8.77. The molecule has 11 heteroatoms. The van der Waals surface area contributed by atoms with Crippen molar-refractivity contribution in [2.45, 2.75) is 12.8 Å². The second-order valence-electron chi connectivity index (χ2n) is 3.11. The molecular formula is C8H4F4N2O5. The Kier molecular flexibility index (Phi) is 3.87. The van der Waals surface area contributed by atoms with Crippen molar-refractivity contribution in [1.29, 1.82) is 0 Å². The van der Waals surface area contributed by atoms with Crippen molar-refractivity contribution < 1.29 is 37.1 Å². The number of halogens is 4. The molecule has 1 heterocycles. The lowest BCUT2D eigenvalue weighted by atomic mass is 10.2. The van der Waals surface area contributed by atoms with Crippen LogP contribution in [-0.4, -0.2) is 27.3 Å². The summed E-state index contributed by atoms with van der Waals surface area (Å²) in [7, 11) is 0. The van der Waals surface area contributed by atoms with Crippen LogP contribution in [0.1, 0.15) is 5.69 Å². The normalized spacial score (nSPS) is 11.2. The van der Waals surface area contributed by atoms with E-state index in [2.05, 4.69) is 9.72 Å². The molecule has 0 atom stereocenters. The largest absolute Gasteiger partial charge is 0.573 e. The van der Waals surface area contributed by atoms with E-state index in [1.807, 2.05) is 0 Å². The highest BCUT2D eigenvalue weighted by atomic mass is 19.4. The molecule has 104 valence electrons. The number of rotatable bonds is 4. The Morgan fingerprint density at radius 1 is 1.53 bits per heavy atom. The Labute approximate surface area is 101 Å². The van der Waals surface area contributed by atoms with Gasteiger partial charge >= 0.3 is 18.1 Å². The first-order chi connectivity index (χ1) is 8.60. The maximum Gasteiger partial charge on any atom is 0.573 e. The molecule has 0 unspecified atom stereocenters. The van der Waals surface area contributed by atoms with Gasteiger partial charge in [0, 0.05) is 6.07 Å². The minimum absolute atomic E-state index is 0.0664. The summed E-state index contributed by atoms with van der Waals surface area (Å²) < 4.78 is 52.3. The number of nitrogens with zero attached hydrogens (tertiary/aromatic N) is 2. The Bertz CT molecular complexity index is 531. The minimum atomic E-state index is -5.27. The number of aliphatic carboxylic acids is 1. The first-order valence-corrected chi connectivity index (χ1v) is 4.41. The number of alkyl halides is 3. The van der Waals surface area contributed by atoms with E-state index in [-0.39, 0.29) is 6.07 Å². The van der Waals surface area contributed by atoms with Gasteiger partial charge in [-0.05, 0) is 9.91 Å². The van der Waals surface area contributed by atoms with Crippen molar-refractivity contribution in [3.8, 4) is 5.75 Å². The van der Waals surface area contributed by atoms with Crippen LogP contribution in [-0.2, 0) is 11.2 Å². The molecule has 0 aromatic carbocycles. The molecule has 0 aliphatic rings. The van der Waals surface area contributed by atoms with Gasteiger partial charge in [-0.3, -0.25) is 4.79 Å². The van der Waals surface area contributed by atoms with Crippen LogP contribution in [0.15, 0.2) is 6.07 Å². The van der Waals surface area contributed by atoms with Gasteiger partial charge in [0.25, 0.3) is 0 Å². The van der Waals surface area contributed by atoms with Crippen molar-refractivity contribution in [2.75, 3.05) is 0 Å². The van der Waals surface area contributed by atoms with Gasteiger partial charge in [-0.25, -0.2) is 4.39 Å². The summed E-state index contributed by atoms with van der Waals surface area (Å²) in [5.41, 5.74) is -0.867. The van der Waals surface area contributed by atoms with E-state index >= 15 is 0 Å². The molecule has 19 heavy (non-hydrogen) atoms. The number of nitro groups is 1. The van der Waals surface area contributed by atoms with Gasteiger partial charge in [0.05, 0.1) is 0 Å².